The maximum absolute atomic E-state index is 13.3. The zero-order valence-corrected chi connectivity index (χ0v) is 15.9. The van der Waals surface area contributed by atoms with E-state index >= 15 is 0 Å². The molecule has 0 bridgehead atoms. The van der Waals surface area contributed by atoms with Crippen LogP contribution in [0.25, 0.3) is 21.3 Å². The largest absolute Gasteiger partial charge is 0.384 e. The Morgan fingerprint density at radius 1 is 1.37 bits per heavy atom. The van der Waals surface area contributed by atoms with Gasteiger partial charge < -0.3 is 10.5 Å². The Hall–Kier alpha value is -2.58. The molecule has 0 aliphatic carbocycles. The second kappa shape index (κ2) is 7.98. The summed E-state index contributed by atoms with van der Waals surface area (Å²) in [5.74, 6) is -0.471. The fourth-order valence-electron chi connectivity index (χ4n) is 3.09. The Morgan fingerprint density at radius 2 is 2.07 bits per heavy atom. The van der Waals surface area contributed by atoms with Gasteiger partial charge in [0.2, 0.25) is 5.91 Å². The minimum Gasteiger partial charge on any atom is -0.384 e. The van der Waals surface area contributed by atoms with Crippen molar-refractivity contribution in [2.24, 2.45) is 5.73 Å². The Labute approximate surface area is 159 Å². The average Bonchev–Trinajstić information content (AvgIpc) is 3.07. The van der Waals surface area contributed by atoms with Gasteiger partial charge in [-0.1, -0.05) is 19.1 Å². The molecule has 142 valence electrons. The lowest BCUT2D eigenvalue weighted by atomic mass is 10.1. The van der Waals surface area contributed by atoms with Crippen molar-refractivity contribution in [2.75, 3.05) is 13.7 Å². The van der Waals surface area contributed by atoms with E-state index in [2.05, 4.69) is 4.98 Å². The number of methoxy groups -OCH3 is 1. The number of nitrogens with zero attached hydrogens (tertiary/aromatic N) is 2. The van der Waals surface area contributed by atoms with Gasteiger partial charge in [0.1, 0.15) is 22.5 Å². The molecule has 1 amide bonds. The van der Waals surface area contributed by atoms with E-state index in [1.165, 1.54) is 28.0 Å². The molecular weight excluding hydrogens is 369 g/mol. The first kappa shape index (κ1) is 19.2. The number of carbonyl (C=O) groups excluding carboxylic acids is 1. The summed E-state index contributed by atoms with van der Waals surface area (Å²) in [4.78, 5) is 30.5. The Balaban J connectivity index is 2.28. The number of hydrogen-bond acceptors (Lipinski definition) is 5. The molecule has 3 rings (SSSR count). The Bertz CT molecular complexity index is 1030. The molecule has 0 aliphatic rings. The lowest BCUT2D eigenvalue weighted by molar-refractivity contribution is -0.121. The van der Waals surface area contributed by atoms with Crippen LogP contribution in [0.2, 0.25) is 0 Å². The first-order chi connectivity index (χ1) is 13.0. The van der Waals surface area contributed by atoms with E-state index in [0.29, 0.717) is 46.6 Å². The lowest BCUT2D eigenvalue weighted by Gasteiger charge is -2.19. The van der Waals surface area contributed by atoms with Crippen LogP contribution in [0.3, 0.4) is 0 Å². The minimum atomic E-state index is -0.790. The summed E-state index contributed by atoms with van der Waals surface area (Å²) in [5, 5.41) is 2.23. The average molecular weight is 389 g/mol. The molecule has 1 unspecified atom stereocenters. The van der Waals surface area contributed by atoms with E-state index in [1.807, 2.05) is 5.38 Å². The quantitative estimate of drug-likeness (QED) is 0.673. The number of amides is 1. The van der Waals surface area contributed by atoms with Crippen LogP contribution < -0.4 is 11.3 Å². The molecule has 0 spiro atoms. The fourth-order valence-corrected chi connectivity index (χ4v) is 4.05. The number of fused-ring (bicyclic) bond motifs is 1. The second-order valence-electron chi connectivity index (χ2n) is 6.11. The number of aromatic nitrogens is 2. The van der Waals surface area contributed by atoms with Crippen LogP contribution >= 0.6 is 11.3 Å². The number of halogens is 1. The minimum absolute atomic E-state index is 0.322. The van der Waals surface area contributed by atoms with Crippen LogP contribution in [0.1, 0.15) is 25.2 Å². The lowest BCUT2D eigenvalue weighted by Crippen LogP contribution is -2.36. The number of rotatable bonds is 7. The summed E-state index contributed by atoms with van der Waals surface area (Å²) in [7, 11) is 1.56. The van der Waals surface area contributed by atoms with E-state index in [4.69, 9.17) is 10.5 Å². The molecule has 2 heterocycles. The Kier molecular flexibility index (Phi) is 5.67. The fraction of sp³-hybridized carbons (Fsp3) is 0.316. The van der Waals surface area contributed by atoms with Crippen LogP contribution in [0.4, 0.5) is 4.39 Å². The summed E-state index contributed by atoms with van der Waals surface area (Å²) in [6, 6.07) is 5.13. The maximum atomic E-state index is 13.3. The van der Waals surface area contributed by atoms with Gasteiger partial charge in [0, 0.05) is 24.5 Å². The predicted molar refractivity (Wildman–Crippen MR) is 103 cm³/mol. The highest BCUT2D eigenvalue weighted by molar-refractivity contribution is 7.17. The van der Waals surface area contributed by atoms with E-state index in [1.54, 1.807) is 26.2 Å². The van der Waals surface area contributed by atoms with Crippen LogP contribution in [0, 0.1) is 5.82 Å². The molecule has 8 heteroatoms. The molecule has 1 aromatic carbocycles. The first-order valence-corrected chi connectivity index (χ1v) is 9.42. The summed E-state index contributed by atoms with van der Waals surface area (Å²) < 4.78 is 19.7. The molecule has 27 heavy (non-hydrogen) atoms. The highest BCUT2D eigenvalue weighted by atomic mass is 32.1. The molecule has 3 aromatic rings. The Morgan fingerprint density at radius 3 is 2.67 bits per heavy atom. The third-order valence-corrected chi connectivity index (χ3v) is 5.30. The monoisotopic (exact) mass is 389 g/mol. The number of hydrogen-bond donors (Lipinski definition) is 1. The van der Waals surface area contributed by atoms with Crippen molar-refractivity contribution in [1.29, 1.82) is 0 Å². The van der Waals surface area contributed by atoms with Crippen molar-refractivity contribution in [3.05, 3.63) is 51.6 Å². The van der Waals surface area contributed by atoms with Gasteiger partial charge in [0.25, 0.3) is 5.56 Å². The predicted octanol–water partition coefficient (Wildman–Crippen LogP) is 2.89. The van der Waals surface area contributed by atoms with Gasteiger partial charge in [-0.25, -0.2) is 9.37 Å². The van der Waals surface area contributed by atoms with Gasteiger partial charge in [-0.15, -0.1) is 11.3 Å². The third kappa shape index (κ3) is 3.63. The molecule has 6 nitrogen and oxygen atoms in total. The van der Waals surface area contributed by atoms with Gasteiger partial charge >= 0.3 is 0 Å². The van der Waals surface area contributed by atoms with Crippen LogP contribution in [0.5, 0.6) is 0 Å². The van der Waals surface area contributed by atoms with Crippen LogP contribution in [-0.4, -0.2) is 29.2 Å². The van der Waals surface area contributed by atoms with Gasteiger partial charge in [-0.05, 0) is 24.1 Å². The van der Waals surface area contributed by atoms with Crippen molar-refractivity contribution in [3.8, 4) is 11.1 Å². The highest BCUT2D eigenvalue weighted by Crippen LogP contribution is 2.31. The molecule has 2 N–H and O–H groups in total. The molecule has 0 fully saturated rings. The number of ether oxygens (including phenoxy) is 1. The molecule has 0 saturated carbocycles. The molecule has 1 atom stereocenters. The highest BCUT2D eigenvalue weighted by Gasteiger charge is 2.24. The zero-order valence-electron chi connectivity index (χ0n) is 15.1. The SMILES string of the molecule is CCC(C(N)=O)n1c(CCOC)nc2scc(-c3ccc(F)cc3)c2c1=O. The van der Waals surface area contributed by atoms with Crippen molar-refractivity contribution in [3.63, 3.8) is 0 Å². The number of carbonyl (C=O) groups is 1. The van der Waals surface area contributed by atoms with E-state index in [-0.39, 0.29) is 11.4 Å². The summed E-state index contributed by atoms with van der Waals surface area (Å²) in [6.07, 6.45) is 0.758. The van der Waals surface area contributed by atoms with E-state index in [9.17, 15) is 14.0 Å². The van der Waals surface area contributed by atoms with Crippen molar-refractivity contribution >= 4 is 27.5 Å². The van der Waals surface area contributed by atoms with Gasteiger partial charge in [0.15, 0.2) is 0 Å². The van der Waals surface area contributed by atoms with Gasteiger partial charge in [0.05, 0.1) is 12.0 Å². The molecule has 0 radical (unpaired) electrons. The summed E-state index contributed by atoms with van der Waals surface area (Å²) in [6.45, 7) is 2.16. The normalized spacial score (nSPS) is 12.4. The topological polar surface area (TPSA) is 87.2 Å². The third-order valence-electron chi connectivity index (χ3n) is 4.42. The van der Waals surface area contributed by atoms with E-state index in [0.717, 1.165) is 0 Å². The van der Waals surface area contributed by atoms with E-state index < -0.39 is 11.9 Å². The van der Waals surface area contributed by atoms with Crippen molar-refractivity contribution < 1.29 is 13.9 Å². The summed E-state index contributed by atoms with van der Waals surface area (Å²) in [5.41, 5.74) is 6.59. The maximum Gasteiger partial charge on any atom is 0.263 e. The van der Waals surface area contributed by atoms with Crippen LogP contribution in [0.15, 0.2) is 34.4 Å². The molecular formula is C19H20FN3O3S. The number of nitrogens with two attached hydrogens (primary N) is 1. The smallest absolute Gasteiger partial charge is 0.263 e. The van der Waals surface area contributed by atoms with Crippen molar-refractivity contribution in [1.82, 2.24) is 9.55 Å². The van der Waals surface area contributed by atoms with Crippen molar-refractivity contribution in [2.45, 2.75) is 25.8 Å². The van der Waals surface area contributed by atoms with Gasteiger partial charge in [-0.3, -0.25) is 14.2 Å². The molecule has 2 aromatic heterocycles. The number of primary amides is 1. The molecule has 0 saturated heterocycles. The second-order valence-corrected chi connectivity index (χ2v) is 6.97. The van der Waals surface area contributed by atoms with Gasteiger partial charge in [-0.2, -0.15) is 0 Å². The standard InChI is InChI=1S/C19H20FN3O3S/c1-3-14(17(21)24)23-15(8-9-26-2)22-18-16(19(23)25)13(10-27-18)11-4-6-12(20)7-5-11/h4-7,10,14H,3,8-9H2,1-2H3,(H2,21,24). The zero-order chi connectivity index (χ0) is 19.6. The summed E-state index contributed by atoms with van der Waals surface area (Å²) >= 11 is 1.34. The number of benzene rings is 1. The first-order valence-electron chi connectivity index (χ1n) is 8.54. The van der Waals surface area contributed by atoms with Crippen LogP contribution in [-0.2, 0) is 16.0 Å². The molecule has 0 aliphatic heterocycles. The number of thiophene rings is 1.